The minimum absolute atomic E-state index is 0.0658. The lowest BCUT2D eigenvalue weighted by Crippen LogP contribution is -2.36. The number of benzene rings is 1. The fourth-order valence-corrected chi connectivity index (χ4v) is 2.45. The first-order valence-electron chi connectivity index (χ1n) is 8.51. The Balaban J connectivity index is 2.96. The molecule has 0 aromatic heterocycles. The number of hydrogen-bond acceptors (Lipinski definition) is 3. The van der Waals surface area contributed by atoms with Crippen LogP contribution in [0.5, 0.6) is 11.5 Å². The van der Waals surface area contributed by atoms with Crippen molar-refractivity contribution >= 4 is 12.0 Å². The van der Waals surface area contributed by atoms with Crippen molar-refractivity contribution in [1.29, 1.82) is 0 Å². The zero-order valence-electron chi connectivity index (χ0n) is 15.3. The van der Waals surface area contributed by atoms with Crippen LogP contribution in [0.3, 0.4) is 0 Å². The summed E-state index contributed by atoms with van der Waals surface area (Å²) in [5, 5.41) is 0. The fourth-order valence-electron chi connectivity index (χ4n) is 2.45. The van der Waals surface area contributed by atoms with Crippen LogP contribution in [0.1, 0.15) is 45.6 Å². The van der Waals surface area contributed by atoms with Gasteiger partial charge in [0.1, 0.15) is 0 Å². The van der Waals surface area contributed by atoms with E-state index < -0.39 is 6.61 Å². The number of para-hydroxylation sites is 1. The molecule has 0 saturated carbocycles. The average molecular weight is 355 g/mol. The van der Waals surface area contributed by atoms with Gasteiger partial charge in [0.05, 0.1) is 7.11 Å². The summed E-state index contributed by atoms with van der Waals surface area (Å²) in [6.45, 7) is 3.71. The van der Waals surface area contributed by atoms with Gasteiger partial charge in [0.25, 0.3) is 0 Å². The van der Waals surface area contributed by atoms with Gasteiger partial charge in [-0.1, -0.05) is 31.9 Å². The monoisotopic (exact) mass is 355 g/mol. The maximum Gasteiger partial charge on any atom is 0.387 e. The zero-order valence-corrected chi connectivity index (χ0v) is 15.3. The molecule has 1 aromatic rings. The Labute approximate surface area is 148 Å². The molecule has 0 aliphatic carbocycles. The largest absolute Gasteiger partial charge is 0.493 e. The summed E-state index contributed by atoms with van der Waals surface area (Å²) >= 11 is 0. The van der Waals surface area contributed by atoms with Gasteiger partial charge in [0.2, 0.25) is 5.91 Å². The highest BCUT2D eigenvalue weighted by Gasteiger charge is 2.16. The number of carbonyl (C=O) groups is 1. The third kappa shape index (κ3) is 6.72. The molecule has 0 fully saturated rings. The minimum Gasteiger partial charge on any atom is -0.493 e. The van der Waals surface area contributed by atoms with E-state index in [9.17, 15) is 13.6 Å². The van der Waals surface area contributed by atoms with Crippen molar-refractivity contribution in [3.63, 3.8) is 0 Å². The van der Waals surface area contributed by atoms with E-state index in [1.54, 1.807) is 17.0 Å². The zero-order chi connectivity index (χ0) is 18.8. The van der Waals surface area contributed by atoms with Gasteiger partial charge in [0.15, 0.2) is 11.5 Å². The van der Waals surface area contributed by atoms with E-state index in [1.807, 2.05) is 13.8 Å². The molecule has 0 spiro atoms. The van der Waals surface area contributed by atoms with Crippen molar-refractivity contribution in [3.8, 4) is 11.5 Å². The van der Waals surface area contributed by atoms with Gasteiger partial charge in [0, 0.05) is 24.2 Å². The van der Waals surface area contributed by atoms with Gasteiger partial charge < -0.3 is 14.4 Å². The molecule has 0 unspecified atom stereocenters. The maximum absolute atomic E-state index is 12.6. The second kappa shape index (κ2) is 10.7. The maximum atomic E-state index is 12.6. The van der Waals surface area contributed by atoms with Crippen molar-refractivity contribution in [1.82, 2.24) is 4.90 Å². The highest BCUT2D eigenvalue weighted by atomic mass is 19.3. The molecule has 0 aliphatic heterocycles. The molecule has 0 aliphatic rings. The normalized spacial score (nSPS) is 11.4. The van der Waals surface area contributed by atoms with E-state index in [-0.39, 0.29) is 23.4 Å². The highest BCUT2D eigenvalue weighted by molar-refractivity contribution is 5.92. The molecule has 0 heterocycles. The molecular weight excluding hydrogens is 328 g/mol. The minimum atomic E-state index is -2.97. The third-order valence-corrected chi connectivity index (χ3v) is 3.75. The Morgan fingerprint density at radius 1 is 1.28 bits per heavy atom. The summed E-state index contributed by atoms with van der Waals surface area (Å²) in [7, 11) is 1.38. The number of alkyl halides is 2. The van der Waals surface area contributed by atoms with Gasteiger partial charge in [-0.05, 0) is 32.4 Å². The standard InChI is InChI=1S/C19H27F2NO3/c1-5-6-7-13-22(14(2)3)17(23)12-11-15-9-8-10-16(24-4)18(15)25-19(20)21/h8-12,14,19H,5-7,13H2,1-4H3/b12-11+. The Kier molecular flexibility index (Phi) is 8.95. The van der Waals surface area contributed by atoms with Crippen LogP contribution in [0.15, 0.2) is 24.3 Å². The van der Waals surface area contributed by atoms with Crippen molar-refractivity contribution in [3.05, 3.63) is 29.8 Å². The van der Waals surface area contributed by atoms with Crippen LogP contribution >= 0.6 is 0 Å². The van der Waals surface area contributed by atoms with Gasteiger partial charge in [-0.25, -0.2) is 0 Å². The van der Waals surface area contributed by atoms with Gasteiger partial charge in [-0.2, -0.15) is 8.78 Å². The summed E-state index contributed by atoms with van der Waals surface area (Å²) in [6.07, 6.45) is 5.94. The first-order chi connectivity index (χ1) is 11.9. The number of carbonyl (C=O) groups excluding carboxylic acids is 1. The number of nitrogens with zero attached hydrogens (tertiary/aromatic N) is 1. The summed E-state index contributed by atoms with van der Waals surface area (Å²) in [5.41, 5.74) is 0.366. The molecular formula is C19H27F2NO3. The Hall–Kier alpha value is -2.11. The van der Waals surface area contributed by atoms with E-state index in [2.05, 4.69) is 11.7 Å². The topological polar surface area (TPSA) is 38.8 Å². The smallest absolute Gasteiger partial charge is 0.387 e. The highest BCUT2D eigenvalue weighted by Crippen LogP contribution is 2.33. The summed E-state index contributed by atoms with van der Waals surface area (Å²) < 4.78 is 34.9. The summed E-state index contributed by atoms with van der Waals surface area (Å²) in [4.78, 5) is 14.2. The molecule has 25 heavy (non-hydrogen) atoms. The first kappa shape index (κ1) is 20.9. The van der Waals surface area contributed by atoms with Crippen molar-refractivity contribution in [2.75, 3.05) is 13.7 Å². The molecule has 1 rings (SSSR count). The molecule has 6 heteroatoms. The lowest BCUT2D eigenvalue weighted by atomic mass is 10.1. The molecule has 1 aromatic carbocycles. The molecule has 1 amide bonds. The Morgan fingerprint density at radius 3 is 2.56 bits per heavy atom. The summed E-state index contributed by atoms with van der Waals surface area (Å²) in [6, 6.07) is 4.85. The van der Waals surface area contributed by atoms with E-state index in [0.717, 1.165) is 19.3 Å². The van der Waals surface area contributed by atoms with Crippen molar-refractivity contribution < 1.29 is 23.0 Å². The van der Waals surface area contributed by atoms with Crippen LogP contribution in [0.2, 0.25) is 0 Å². The van der Waals surface area contributed by atoms with Crippen LogP contribution in [-0.4, -0.2) is 37.1 Å². The average Bonchev–Trinajstić information content (AvgIpc) is 2.56. The third-order valence-electron chi connectivity index (χ3n) is 3.75. The lowest BCUT2D eigenvalue weighted by molar-refractivity contribution is -0.127. The molecule has 0 radical (unpaired) electrons. The Morgan fingerprint density at radius 2 is 2.00 bits per heavy atom. The molecule has 0 saturated heterocycles. The molecule has 0 atom stereocenters. The van der Waals surface area contributed by atoms with E-state index in [1.165, 1.54) is 25.3 Å². The van der Waals surface area contributed by atoms with Crippen molar-refractivity contribution in [2.24, 2.45) is 0 Å². The van der Waals surface area contributed by atoms with Crippen LogP contribution in [0.25, 0.3) is 6.08 Å². The van der Waals surface area contributed by atoms with Crippen LogP contribution < -0.4 is 9.47 Å². The van der Waals surface area contributed by atoms with Crippen molar-refractivity contribution in [2.45, 2.75) is 52.7 Å². The number of unbranched alkanes of at least 4 members (excludes halogenated alkanes) is 2. The number of hydrogen-bond donors (Lipinski definition) is 0. The predicted molar refractivity (Wildman–Crippen MR) is 95.0 cm³/mol. The van der Waals surface area contributed by atoms with E-state index >= 15 is 0 Å². The van der Waals surface area contributed by atoms with E-state index in [4.69, 9.17) is 4.74 Å². The molecule has 0 bridgehead atoms. The number of ether oxygens (including phenoxy) is 2. The van der Waals surface area contributed by atoms with Gasteiger partial charge in [-0.3, -0.25) is 4.79 Å². The predicted octanol–water partition coefficient (Wildman–Crippen LogP) is 4.74. The van der Waals surface area contributed by atoms with Crippen LogP contribution in [0.4, 0.5) is 8.78 Å². The fraction of sp³-hybridized carbons (Fsp3) is 0.526. The quantitative estimate of drug-likeness (QED) is 0.450. The second-order valence-electron chi connectivity index (χ2n) is 5.92. The number of amides is 1. The SMILES string of the molecule is CCCCCN(C(=O)/C=C/c1cccc(OC)c1OC(F)F)C(C)C. The van der Waals surface area contributed by atoms with E-state index in [0.29, 0.717) is 12.1 Å². The second-order valence-corrected chi connectivity index (χ2v) is 5.92. The number of rotatable bonds is 10. The lowest BCUT2D eigenvalue weighted by Gasteiger charge is -2.25. The van der Waals surface area contributed by atoms with Crippen LogP contribution in [0, 0.1) is 0 Å². The number of halogens is 2. The molecule has 140 valence electrons. The van der Waals surface area contributed by atoms with Gasteiger partial charge >= 0.3 is 6.61 Å². The Bertz CT molecular complexity index is 574. The summed E-state index contributed by atoms with van der Waals surface area (Å²) in [5.74, 6) is -0.0402. The molecule has 0 N–H and O–H groups in total. The van der Waals surface area contributed by atoms with Crippen LogP contribution in [-0.2, 0) is 4.79 Å². The first-order valence-corrected chi connectivity index (χ1v) is 8.51. The number of methoxy groups -OCH3 is 1. The van der Waals surface area contributed by atoms with Gasteiger partial charge in [-0.15, -0.1) is 0 Å². The molecule has 4 nitrogen and oxygen atoms in total.